The molecule has 21 heavy (non-hydrogen) atoms. The SMILES string of the molecule is CC(C)(C)NCc1cccc(Br)c1OCC1CCOCC1. The lowest BCUT2D eigenvalue weighted by Gasteiger charge is -2.24. The van der Waals surface area contributed by atoms with Gasteiger partial charge in [-0.1, -0.05) is 12.1 Å². The predicted molar refractivity (Wildman–Crippen MR) is 89.8 cm³/mol. The van der Waals surface area contributed by atoms with Crippen molar-refractivity contribution >= 4 is 15.9 Å². The van der Waals surface area contributed by atoms with Gasteiger partial charge in [0.25, 0.3) is 0 Å². The van der Waals surface area contributed by atoms with Crippen molar-refractivity contribution in [2.24, 2.45) is 5.92 Å². The van der Waals surface area contributed by atoms with Gasteiger partial charge in [0.15, 0.2) is 0 Å². The average Bonchev–Trinajstić information content (AvgIpc) is 2.44. The summed E-state index contributed by atoms with van der Waals surface area (Å²) in [7, 11) is 0. The highest BCUT2D eigenvalue weighted by molar-refractivity contribution is 9.10. The van der Waals surface area contributed by atoms with Crippen LogP contribution in [-0.2, 0) is 11.3 Å². The van der Waals surface area contributed by atoms with Gasteiger partial charge in [-0.2, -0.15) is 0 Å². The number of rotatable bonds is 5. The van der Waals surface area contributed by atoms with Crippen molar-refractivity contribution in [3.63, 3.8) is 0 Å². The lowest BCUT2D eigenvalue weighted by molar-refractivity contribution is 0.0494. The van der Waals surface area contributed by atoms with Crippen molar-refractivity contribution in [1.29, 1.82) is 0 Å². The van der Waals surface area contributed by atoms with E-state index in [2.05, 4.69) is 54.2 Å². The van der Waals surface area contributed by atoms with E-state index in [1.165, 1.54) is 5.56 Å². The molecule has 1 aromatic rings. The summed E-state index contributed by atoms with van der Waals surface area (Å²) in [5, 5.41) is 3.52. The Balaban J connectivity index is 1.99. The summed E-state index contributed by atoms with van der Waals surface area (Å²) >= 11 is 3.62. The summed E-state index contributed by atoms with van der Waals surface area (Å²) < 4.78 is 12.6. The van der Waals surface area contributed by atoms with Crippen LogP contribution >= 0.6 is 15.9 Å². The smallest absolute Gasteiger partial charge is 0.137 e. The molecule has 0 saturated carbocycles. The van der Waals surface area contributed by atoms with Crippen LogP contribution in [0.4, 0.5) is 0 Å². The van der Waals surface area contributed by atoms with Crippen LogP contribution in [0.2, 0.25) is 0 Å². The zero-order valence-corrected chi connectivity index (χ0v) is 14.8. The molecule has 0 atom stereocenters. The fourth-order valence-corrected chi connectivity index (χ4v) is 2.85. The molecule has 0 aromatic heterocycles. The summed E-state index contributed by atoms with van der Waals surface area (Å²) in [5.41, 5.74) is 1.30. The third-order valence-electron chi connectivity index (χ3n) is 3.66. The molecule has 1 aliphatic rings. The van der Waals surface area contributed by atoms with Crippen molar-refractivity contribution in [3.05, 3.63) is 28.2 Å². The van der Waals surface area contributed by atoms with E-state index in [1.54, 1.807) is 0 Å². The maximum atomic E-state index is 6.13. The van der Waals surface area contributed by atoms with Gasteiger partial charge in [0.1, 0.15) is 5.75 Å². The zero-order valence-electron chi connectivity index (χ0n) is 13.2. The van der Waals surface area contributed by atoms with Crippen LogP contribution in [0.5, 0.6) is 5.75 Å². The number of halogens is 1. The molecular formula is C17H26BrNO2. The Kier molecular flexibility index (Phi) is 6.08. The lowest BCUT2D eigenvalue weighted by Crippen LogP contribution is -2.35. The van der Waals surface area contributed by atoms with Crippen LogP contribution in [-0.4, -0.2) is 25.4 Å². The molecule has 1 aromatic carbocycles. The molecule has 0 unspecified atom stereocenters. The quantitative estimate of drug-likeness (QED) is 0.860. The number of hydrogen-bond donors (Lipinski definition) is 1. The Morgan fingerprint density at radius 2 is 2.00 bits per heavy atom. The van der Waals surface area contributed by atoms with E-state index >= 15 is 0 Å². The Labute approximate surface area is 136 Å². The van der Waals surface area contributed by atoms with Gasteiger partial charge in [0, 0.05) is 30.9 Å². The maximum absolute atomic E-state index is 6.13. The number of ether oxygens (including phenoxy) is 2. The van der Waals surface area contributed by atoms with Crippen LogP contribution < -0.4 is 10.1 Å². The molecule has 0 radical (unpaired) electrons. The van der Waals surface area contributed by atoms with Gasteiger partial charge in [-0.3, -0.25) is 0 Å². The summed E-state index contributed by atoms with van der Waals surface area (Å²) in [6.07, 6.45) is 2.19. The number of para-hydroxylation sites is 1. The third-order valence-corrected chi connectivity index (χ3v) is 4.29. The highest BCUT2D eigenvalue weighted by Gasteiger charge is 2.17. The minimum absolute atomic E-state index is 0.0975. The second kappa shape index (κ2) is 7.61. The van der Waals surface area contributed by atoms with E-state index in [9.17, 15) is 0 Å². The monoisotopic (exact) mass is 355 g/mol. The topological polar surface area (TPSA) is 30.5 Å². The molecule has 118 valence electrons. The van der Waals surface area contributed by atoms with Crippen molar-refractivity contribution in [3.8, 4) is 5.75 Å². The first kappa shape index (κ1) is 16.8. The highest BCUT2D eigenvalue weighted by atomic mass is 79.9. The Hall–Kier alpha value is -0.580. The fourth-order valence-electron chi connectivity index (χ4n) is 2.33. The van der Waals surface area contributed by atoms with Crippen LogP contribution in [0.1, 0.15) is 39.2 Å². The number of nitrogens with one attached hydrogen (secondary N) is 1. The molecule has 1 aliphatic heterocycles. The third kappa shape index (κ3) is 5.61. The minimum atomic E-state index is 0.0975. The van der Waals surface area contributed by atoms with E-state index in [-0.39, 0.29) is 5.54 Å². The van der Waals surface area contributed by atoms with E-state index in [4.69, 9.17) is 9.47 Å². The van der Waals surface area contributed by atoms with Crippen molar-refractivity contribution in [2.75, 3.05) is 19.8 Å². The molecule has 1 saturated heterocycles. The van der Waals surface area contributed by atoms with Crippen LogP contribution in [0, 0.1) is 5.92 Å². The van der Waals surface area contributed by atoms with Gasteiger partial charge in [-0.05, 0) is 61.5 Å². The van der Waals surface area contributed by atoms with Crippen LogP contribution in [0.25, 0.3) is 0 Å². The van der Waals surface area contributed by atoms with Crippen molar-refractivity contribution < 1.29 is 9.47 Å². The first-order chi connectivity index (χ1) is 9.96. The molecule has 2 rings (SSSR count). The van der Waals surface area contributed by atoms with Crippen LogP contribution in [0.15, 0.2) is 22.7 Å². The van der Waals surface area contributed by atoms with Gasteiger partial charge in [0.2, 0.25) is 0 Å². The Morgan fingerprint density at radius 1 is 1.29 bits per heavy atom. The molecule has 0 aliphatic carbocycles. The second-order valence-corrected chi connectivity index (χ2v) is 7.55. The predicted octanol–water partition coefficient (Wildman–Crippen LogP) is 4.14. The molecule has 0 bridgehead atoms. The molecule has 0 spiro atoms. The van der Waals surface area contributed by atoms with Gasteiger partial charge in [-0.15, -0.1) is 0 Å². The molecule has 1 N–H and O–H groups in total. The van der Waals surface area contributed by atoms with Gasteiger partial charge >= 0.3 is 0 Å². The fraction of sp³-hybridized carbons (Fsp3) is 0.647. The zero-order chi connectivity index (χ0) is 15.3. The minimum Gasteiger partial charge on any atom is -0.492 e. The molecule has 0 amide bonds. The Bertz CT molecular complexity index is 451. The van der Waals surface area contributed by atoms with Gasteiger partial charge in [-0.25, -0.2) is 0 Å². The summed E-state index contributed by atoms with van der Waals surface area (Å²) in [5.74, 6) is 1.58. The van der Waals surface area contributed by atoms with E-state index < -0.39 is 0 Å². The molecule has 1 heterocycles. The summed E-state index contributed by atoms with van der Waals surface area (Å²) in [4.78, 5) is 0. The highest BCUT2D eigenvalue weighted by Crippen LogP contribution is 2.30. The average molecular weight is 356 g/mol. The largest absolute Gasteiger partial charge is 0.492 e. The standard InChI is InChI=1S/C17H26BrNO2/c1-17(2,3)19-11-14-5-4-6-15(18)16(14)21-12-13-7-9-20-10-8-13/h4-6,13,19H,7-12H2,1-3H3. The Morgan fingerprint density at radius 3 is 2.67 bits per heavy atom. The van der Waals surface area contributed by atoms with Crippen molar-refractivity contribution in [2.45, 2.75) is 45.7 Å². The normalized spacial score (nSPS) is 17.0. The first-order valence-electron chi connectivity index (χ1n) is 7.69. The maximum Gasteiger partial charge on any atom is 0.137 e. The molecule has 3 nitrogen and oxygen atoms in total. The molecule has 4 heteroatoms. The van der Waals surface area contributed by atoms with Crippen LogP contribution in [0.3, 0.4) is 0 Å². The van der Waals surface area contributed by atoms with Gasteiger partial charge < -0.3 is 14.8 Å². The second-order valence-electron chi connectivity index (χ2n) is 6.70. The summed E-state index contributed by atoms with van der Waals surface area (Å²) in [6.45, 7) is 9.83. The van der Waals surface area contributed by atoms with E-state index in [0.29, 0.717) is 5.92 Å². The number of hydrogen-bond acceptors (Lipinski definition) is 3. The van der Waals surface area contributed by atoms with E-state index in [0.717, 1.165) is 49.4 Å². The molecular weight excluding hydrogens is 330 g/mol. The van der Waals surface area contributed by atoms with E-state index in [1.807, 2.05) is 6.07 Å². The number of benzene rings is 1. The summed E-state index contributed by atoms with van der Waals surface area (Å²) in [6, 6.07) is 6.23. The lowest BCUT2D eigenvalue weighted by atomic mass is 10.0. The van der Waals surface area contributed by atoms with Crippen molar-refractivity contribution in [1.82, 2.24) is 5.32 Å². The van der Waals surface area contributed by atoms with Gasteiger partial charge in [0.05, 0.1) is 11.1 Å². The first-order valence-corrected chi connectivity index (χ1v) is 8.48. The molecule has 1 fully saturated rings.